The van der Waals surface area contributed by atoms with Gasteiger partial charge >= 0.3 is 0 Å². The Hall–Kier alpha value is -1.80. The largest absolute Gasteiger partial charge is 0.491 e. The summed E-state index contributed by atoms with van der Waals surface area (Å²) >= 11 is 0. The van der Waals surface area contributed by atoms with Gasteiger partial charge in [-0.2, -0.15) is 0 Å². The van der Waals surface area contributed by atoms with E-state index in [9.17, 15) is 5.11 Å². The van der Waals surface area contributed by atoms with E-state index in [1.807, 2.05) is 24.3 Å². The number of ether oxygens (including phenoxy) is 1. The van der Waals surface area contributed by atoms with Crippen LogP contribution in [-0.2, 0) is 5.41 Å². The lowest BCUT2D eigenvalue weighted by atomic mass is 9.80. The van der Waals surface area contributed by atoms with Gasteiger partial charge in [0.25, 0.3) is 0 Å². The van der Waals surface area contributed by atoms with E-state index in [1.165, 1.54) is 5.56 Å². The number of benzene rings is 2. The van der Waals surface area contributed by atoms with E-state index in [0.29, 0.717) is 6.61 Å². The molecule has 0 aliphatic carbocycles. The zero-order valence-electron chi connectivity index (χ0n) is 12.8. The zero-order chi connectivity index (χ0) is 15.0. The summed E-state index contributed by atoms with van der Waals surface area (Å²) in [5.41, 5.74) is 3.58. The van der Waals surface area contributed by atoms with Gasteiger partial charge in [-0.15, -0.1) is 0 Å². The van der Waals surface area contributed by atoms with Gasteiger partial charge in [0, 0.05) is 11.5 Å². The van der Waals surface area contributed by atoms with Crippen LogP contribution in [0.1, 0.15) is 43.4 Å². The summed E-state index contributed by atoms with van der Waals surface area (Å²) in [4.78, 5) is 0. The van der Waals surface area contributed by atoms with Gasteiger partial charge in [0.15, 0.2) is 0 Å². The maximum Gasteiger partial charge on any atom is 0.123 e. The van der Waals surface area contributed by atoms with Crippen LogP contribution in [-0.4, -0.2) is 17.8 Å². The summed E-state index contributed by atoms with van der Waals surface area (Å²) in [5, 5.41) is 10.4. The quantitative estimate of drug-likeness (QED) is 0.860. The normalized spacial score (nSPS) is 21.5. The predicted octanol–water partition coefficient (Wildman–Crippen LogP) is 3.87. The third-order valence-electron chi connectivity index (χ3n) is 4.16. The molecular weight excluding hydrogens is 260 g/mol. The molecule has 0 amide bonds. The minimum Gasteiger partial charge on any atom is -0.491 e. The van der Waals surface area contributed by atoms with Crippen LogP contribution in [0.2, 0.25) is 0 Å². The molecule has 0 saturated heterocycles. The zero-order valence-corrected chi connectivity index (χ0v) is 12.8. The van der Waals surface area contributed by atoms with E-state index in [1.54, 1.807) is 0 Å². The molecule has 21 heavy (non-hydrogen) atoms. The Bertz CT molecular complexity index is 626. The maximum atomic E-state index is 10.4. The summed E-state index contributed by atoms with van der Waals surface area (Å²) < 4.78 is 5.71. The summed E-state index contributed by atoms with van der Waals surface area (Å²) in [5.74, 6) is 0.874. The molecule has 1 aliphatic heterocycles. The van der Waals surface area contributed by atoms with Gasteiger partial charge in [-0.25, -0.2) is 0 Å². The Morgan fingerprint density at radius 2 is 1.76 bits per heavy atom. The fourth-order valence-corrected chi connectivity index (χ4v) is 2.93. The van der Waals surface area contributed by atoms with Crippen LogP contribution in [0.5, 0.6) is 5.75 Å². The molecule has 0 bridgehead atoms. The van der Waals surface area contributed by atoms with Crippen molar-refractivity contribution in [1.29, 1.82) is 0 Å². The highest BCUT2D eigenvalue weighted by Gasteiger charge is 2.31. The second-order valence-electron chi connectivity index (χ2n) is 6.77. The van der Waals surface area contributed by atoms with Crippen LogP contribution in [0.15, 0.2) is 48.5 Å². The van der Waals surface area contributed by atoms with Crippen molar-refractivity contribution in [2.45, 2.75) is 38.2 Å². The highest BCUT2D eigenvalue weighted by molar-refractivity contribution is 5.48. The molecule has 3 rings (SSSR count). The number of rotatable bonds is 1. The Balaban J connectivity index is 2.12. The topological polar surface area (TPSA) is 29.5 Å². The number of hydrogen-bond acceptors (Lipinski definition) is 2. The van der Waals surface area contributed by atoms with Crippen LogP contribution in [0.4, 0.5) is 0 Å². The summed E-state index contributed by atoms with van der Waals surface area (Å²) in [6.45, 7) is 6.95. The lowest BCUT2D eigenvalue weighted by Crippen LogP contribution is -2.31. The smallest absolute Gasteiger partial charge is 0.123 e. The number of aliphatic hydroxyl groups excluding tert-OH is 1. The van der Waals surface area contributed by atoms with Crippen molar-refractivity contribution in [3.05, 3.63) is 65.2 Å². The van der Waals surface area contributed by atoms with Gasteiger partial charge in [-0.3, -0.25) is 0 Å². The van der Waals surface area contributed by atoms with Crippen LogP contribution in [0.3, 0.4) is 0 Å². The van der Waals surface area contributed by atoms with Crippen molar-refractivity contribution in [1.82, 2.24) is 0 Å². The van der Waals surface area contributed by atoms with E-state index < -0.39 is 6.10 Å². The molecule has 0 saturated carbocycles. The van der Waals surface area contributed by atoms with E-state index in [0.717, 1.165) is 16.9 Å². The Kier molecular flexibility index (Phi) is 3.50. The molecule has 2 nitrogen and oxygen atoms in total. The fourth-order valence-electron chi connectivity index (χ4n) is 2.93. The molecular formula is C19H22O2. The second-order valence-corrected chi connectivity index (χ2v) is 6.77. The molecule has 2 heteroatoms. The highest BCUT2D eigenvalue weighted by Crippen LogP contribution is 2.40. The standard InChI is InChI=1S/C19H22O2/c1-19(2,3)14-9-10-17-15(11-14)18(16(20)12-21-17)13-7-5-4-6-8-13/h4-11,16,18,20H,12H2,1-3H3/t16-,18-/m1/s1. The maximum absolute atomic E-state index is 10.4. The van der Waals surface area contributed by atoms with Crippen LogP contribution in [0.25, 0.3) is 0 Å². The van der Waals surface area contributed by atoms with Crippen molar-refractivity contribution in [3.8, 4) is 5.75 Å². The third kappa shape index (κ3) is 2.68. The molecule has 2 aromatic carbocycles. The first-order valence-corrected chi connectivity index (χ1v) is 7.47. The van der Waals surface area contributed by atoms with E-state index in [2.05, 4.69) is 45.0 Å². The SMILES string of the molecule is CC(C)(C)c1ccc2c(c1)[C@@H](c1ccccc1)[C@H](O)CO2. The van der Waals surface area contributed by atoms with Crippen LogP contribution >= 0.6 is 0 Å². The summed E-state index contributed by atoms with van der Waals surface area (Å²) in [6, 6.07) is 16.5. The molecule has 0 radical (unpaired) electrons. The first-order chi connectivity index (χ1) is 9.97. The number of fused-ring (bicyclic) bond motifs is 1. The van der Waals surface area contributed by atoms with Gasteiger partial charge in [0.05, 0.1) is 6.10 Å². The lowest BCUT2D eigenvalue weighted by molar-refractivity contribution is 0.0770. The molecule has 0 spiro atoms. The second kappa shape index (κ2) is 5.19. The molecule has 110 valence electrons. The van der Waals surface area contributed by atoms with E-state index in [4.69, 9.17) is 4.74 Å². The Morgan fingerprint density at radius 3 is 2.43 bits per heavy atom. The Labute approximate surface area is 126 Å². The summed E-state index contributed by atoms with van der Waals surface area (Å²) in [6.07, 6.45) is -0.505. The molecule has 1 heterocycles. The lowest BCUT2D eigenvalue weighted by Gasteiger charge is -2.32. The monoisotopic (exact) mass is 282 g/mol. The minimum atomic E-state index is -0.505. The summed E-state index contributed by atoms with van der Waals surface area (Å²) in [7, 11) is 0. The van der Waals surface area contributed by atoms with Crippen molar-refractivity contribution in [3.63, 3.8) is 0 Å². The molecule has 1 N–H and O–H groups in total. The van der Waals surface area contributed by atoms with Gasteiger partial charge < -0.3 is 9.84 Å². The first-order valence-electron chi connectivity index (χ1n) is 7.47. The third-order valence-corrected chi connectivity index (χ3v) is 4.16. The van der Waals surface area contributed by atoms with E-state index in [-0.39, 0.29) is 11.3 Å². The van der Waals surface area contributed by atoms with Crippen molar-refractivity contribution in [2.75, 3.05) is 6.61 Å². The highest BCUT2D eigenvalue weighted by atomic mass is 16.5. The van der Waals surface area contributed by atoms with Crippen molar-refractivity contribution in [2.24, 2.45) is 0 Å². The van der Waals surface area contributed by atoms with Crippen molar-refractivity contribution < 1.29 is 9.84 Å². The van der Waals surface area contributed by atoms with Gasteiger partial charge in [0.1, 0.15) is 12.4 Å². The molecule has 1 aliphatic rings. The van der Waals surface area contributed by atoms with E-state index >= 15 is 0 Å². The Morgan fingerprint density at radius 1 is 1.05 bits per heavy atom. The predicted molar refractivity (Wildman–Crippen MR) is 84.9 cm³/mol. The van der Waals surface area contributed by atoms with Gasteiger partial charge in [-0.1, -0.05) is 63.2 Å². The fraction of sp³-hybridized carbons (Fsp3) is 0.368. The van der Waals surface area contributed by atoms with Crippen LogP contribution in [0, 0.1) is 0 Å². The molecule has 0 unspecified atom stereocenters. The molecule has 2 atom stereocenters. The average molecular weight is 282 g/mol. The number of hydrogen-bond donors (Lipinski definition) is 1. The van der Waals surface area contributed by atoms with Crippen molar-refractivity contribution >= 4 is 0 Å². The first kappa shape index (κ1) is 14.2. The van der Waals surface area contributed by atoms with Crippen LogP contribution < -0.4 is 4.74 Å². The average Bonchev–Trinajstić information content (AvgIpc) is 2.46. The van der Waals surface area contributed by atoms with Gasteiger partial charge in [-0.05, 0) is 22.6 Å². The molecule has 2 aromatic rings. The minimum absolute atomic E-state index is 0.0164. The van der Waals surface area contributed by atoms with Gasteiger partial charge in [0.2, 0.25) is 0 Å². The number of aliphatic hydroxyl groups is 1. The molecule has 0 aromatic heterocycles. The molecule has 0 fully saturated rings.